The van der Waals surface area contributed by atoms with E-state index in [4.69, 9.17) is 5.11 Å². The largest absolute Gasteiger partial charge is 0.396 e. The molecule has 1 aliphatic carbocycles. The lowest BCUT2D eigenvalue weighted by atomic mass is 10.2. The van der Waals surface area contributed by atoms with Crippen molar-refractivity contribution in [3.63, 3.8) is 0 Å². The van der Waals surface area contributed by atoms with Crippen molar-refractivity contribution >= 4 is 5.91 Å². The van der Waals surface area contributed by atoms with Gasteiger partial charge in [0.05, 0.1) is 17.8 Å². The molecule has 1 saturated carbocycles. The number of carbonyl (C=O) groups excluding carboxylic acids is 1. The Hall–Kier alpha value is -1.36. The number of aliphatic hydroxyl groups is 1. The first-order chi connectivity index (χ1) is 9.13. The first-order valence-corrected chi connectivity index (χ1v) is 7.06. The molecule has 2 rings (SSSR count). The normalized spacial score (nSPS) is 17.6. The molecule has 5 nitrogen and oxygen atoms in total. The molecule has 0 saturated heterocycles. The predicted octanol–water partition coefficient (Wildman–Crippen LogP) is 1.66. The van der Waals surface area contributed by atoms with Gasteiger partial charge < -0.3 is 10.4 Å². The van der Waals surface area contributed by atoms with E-state index in [1.54, 1.807) is 6.20 Å². The summed E-state index contributed by atoms with van der Waals surface area (Å²) in [4.78, 5) is 12.1. The zero-order valence-electron chi connectivity index (χ0n) is 11.7. The molecule has 0 aliphatic heterocycles. The van der Waals surface area contributed by atoms with E-state index in [1.807, 2.05) is 18.5 Å². The average Bonchev–Trinajstić information content (AvgIpc) is 3.04. The summed E-state index contributed by atoms with van der Waals surface area (Å²) in [6, 6.07) is 0.456. The van der Waals surface area contributed by atoms with Crippen molar-refractivity contribution in [1.29, 1.82) is 0 Å². The second kappa shape index (κ2) is 6.19. The quantitative estimate of drug-likeness (QED) is 0.851. The van der Waals surface area contributed by atoms with Gasteiger partial charge in [0.15, 0.2) is 0 Å². The van der Waals surface area contributed by atoms with E-state index < -0.39 is 0 Å². The maximum Gasteiger partial charge on any atom is 0.254 e. The van der Waals surface area contributed by atoms with E-state index in [9.17, 15) is 4.79 Å². The van der Waals surface area contributed by atoms with Crippen molar-refractivity contribution in [1.82, 2.24) is 15.1 Å². The van der Waals surface area contributed by atoms with Crippen molar-refractivity contribution < 1.29 is 9.90 Å². The van der Waals surface area contributed by atoms with Gasteiger partial charge in [-0.3, -0.25) is 9.48 Å². The van der Waals surface area contributed by atoms with Gasteiger partial charge in [-0.2, -0.15) is 5.10 Å². The molecule has 1 amide bonds. The number of nitrogens with one attached hydrogen (secondary N) is 1. The fraction of sp³-hybridized carbons (Fsp3) is 0.714. The molecule has 0 bridgehead atoms. The molecule has 1 aliphatic rings. The Balaban J connectivity index is 2.02. The summed E-state index contributed by atoms with van der Waals surface area (Å²) in [6.07, 6.45) is 6.47. The Morgan fingerprint density at radius 1 is 1.58 bits per heavy atom. The molecular weight excluding hydrogens is 242 g/mol. The fourth-order valence-electron chi connectivity index (χ4n) is 2.59. The molecule has 1 aromatic heterocycles. The van der Waals surface area contributed by atoms with Crippen molar-refractivity contribution in [2.45, 2.75) is 45.6 Å². The summed E-state index contributed by atoms with van der Waals surface area (Å²) in [6.45, 7) is 4.43. The highest BCUT2D eigenvalue weighted by molar-refractivity contribution is 5.95. The average molecular weight is 265 g/mol. The minimum Gasteiger partial charge on any atom is -0.396 e. The second-order valence-electron chi connectivity index (χ2n) is 5.52. The first kappa shape index (κ1) is 14.1. The van der Waals surface area contributed by atoms with Gasteiger partial charge in [-0.15, -0.1) is 0 Å². The van der Waals surface area contributed by atoms with E-state index in [0.717, 1.165) is 18.5 Å². The Labute approximate surface area is 114 Å². The fourth-order valence-corrected chi connectivity index (χ4v) is 2.59. The zero-order chi connectivity index (χ0) is 13.8. The molecule has 0 spiro atoms. The zero-order valence-corrected chi connectivity index (χ0v) is 11.7. The van der Waals surface area contributed by atoms with E-state index >= 15 is 0 Å². The van der Waals surface area contributed by atoms with Crippen LogP contribution in [0, 0.1) is 12.8 Å². The van der Waals surface area contributed by atoms with Gasteiger partial charge in [0.1, 0.15) is 0 Å². The van der Waals surface area contributed by atoms with Crippen LogP contribution in [0.1, 0.15) is 54.7 Å². The molecule has 5 heteroatoms. The van der Waals surface area contributed by atoms with Crippen LogP contribution in [0.4, 0.5) is 0 Å². The SMILES string of the molecule is Cc1c(C(=O)NCC(C)CO)cnn1C1CCCC1. The maximum absolute atomic E-state index is 12.1. The van der Waals surface area contributed by atoms with Gasteiger partial charge in [-0.05, 0) is 25.7 Å². The third-order valence-electron chi connectivity index (χ3n) is 3.88. The Bertz CT molecular complexity index is 436. The highest BCUT2D eigenvalue weighted by Gasteiger charge is 2.22. The lowest BCUT2D eigenvalue weighted by molar-refractivity contribution is 0.0941. The van der Waals surface area contributed by atoms with Crippen LogP contribution in [0.3, 0.4) is 0 Å². The Kier molecular flexibility index (Phi) is 4.58. The van der Waals surface area contributed by atoms with Crippen LogP contribution in [-0.4, -0.2) is 33.9 Å². The lowest BCUT2D eigenvalue weighted by Crippen LogP contribution is -2.29. The summed E-state index contributed by atoms with van der Waals surface area (Å²) in [5.41, 5.74) is 1.60. The number of hydrogen-bond acceptors (Lipinski definition) is 3. The number of carbonyl (C=O) groups is 1. The molecular formula is C14H23N3O2. The van der Waals surface area contributed by atoms with E-state index in [-0.39, 0.29) is 18.4 Å². The third kappa shape index (κ3) is 3.15. The van der Waals surface area contributed by atoms with Gasteiger partial charge in [0.2, 0.25) is 0 Å². The van der Waals surface area contributed by atoms with Crippen molar-refractivity contribution in [2.75, 3.05) is 13.2 Å². The maximum atomic E-state index is 12.1. The molecule has 1 fully saturated rings. The van der Waals surface area contributed by atoms with Gasteiger partial charge >= 0.3 is 0 Å². The van der Waals surface area contributed by atoms with Crippen LogP contribution >= 0.6 is 0 Å². The molecule has 106 valence electrons. The predicted molar refractivity (Wildman–Crippen MR) is 73.1 cm³/mol. The lowest BCUT2D eigenvalue weighted by Gasteiger charge is -2.13. The third-order valence-corrected chi connectivity index (χ3v) is 3.88. The molecule has 1 atom stereocenters. The molecule has 1 heterocycles. The van der Waals surface area contributed by atoms with E-state index in [1.165, 1.54) is 12.8 Å². The van der Waals surface area contributed by atoms with Crippen molar-refractivity contribution in [3.05, 3.63) is 17.5 Å². The monoisotopic (exact) mass is 265 g/mol. The highest BCUT2D eigenvalue weighted by Crippen LogP contribution is 2.30. The number of rotatable bonds is 5. The molecule has 2 N–H and O–H groups in total. The summed E-state index contributed by atoms with van der Waals surface area (Å²) in [5, 5.41) is 16.2. The molecule has 0 aromatic carbocycles. The summed E-state index contributed by atoms with van der Waals surface area (Å²) in [7, 11) is 0. The van der Waals surface area contributed by atoms with Gasteiger partial charge in [-0.25, -0.2) is 0 Å². The molecule has 0 radical (unpaired) electrons. The van der Waals surface area contributed by atoms with Crippen molar-refractivity contribution in [3.8, 4) is 0 Å². The van der Waals surface area contributed by atoms with Gasteiger partial charge in [-0.1, -0.05) is 19.8 Å². The Morgan fingerprint density at radius 3 is 2.89 bits per heavy atom. The van der Waals surface area contributed by atoms with Crippen molar-refractivity contribution in [2.24, 2.45) is 5.92 Å². The van der Waals surface area contributed by atoms with Crippen LogP contribution < -0.4 is 5.32 Å². The summed E-state index contributed by atoms with van der Waals surface area (Å²) in [5.74, 6) is -0.0174. The number of hydrogen-bond donors (Lipinski definition) is 2. The topological polar surface area (TPSA) is 67.2 Å². The molecule has 1 aromatic rings. The van der Waals surface area contributed by atoms with Crippen LogP contribution in [0.2, 0.25) is 0 Å². The van der Waals surface area contributed by atoms with Crippen LogP contribution in [0.5, 0.6) is 0 Å². The molecule has 1 unspecified atom stereocenters. The Morgan fingerprint density at radius 2 is 2.26 bits per heavy atom. The highest BCUT2D eigenvalue weighted by atomic mass is 16.3. The summed E-state index contributed by atoms with van der Waals surface area (Å²) < 4.78 is 2.00. The van der Waals surface area contributed by atoms with Gasteiger partial charge in [0.25, 0.3) is 5.91 Å². The number of amides is 1. The van der Waals surface area contributed by atoms with E-state index in [2.05, 4.69) is 10.4 Å². The van der Waals surface area contributed by atoms with Crippen LogP contribution in [0.25, 0.3) is 0 Å². The smallest absolute Gasteiger partial charge is 0.254 e. The summed E-state index contributed by atoms with van der Waals surface area (Å²) >= 11 is 0. The first-order valence-electron chi connectivity index (χ1n) is 7.06. The van der Waals surface area contributed by atoms with E-state index in [0.29, 0.717) is 18.2 Å². The minimum atomic E-state index is -0.0953. The minimum absolute atomic E-state index is 0.0779. The molecule has 19 heavy (non-hydrogen) atoms. The second-order valence-corrected chi connectivity index (χ2v) is 5.52. The van der Waals surface area contributed by atoms with Gasteiger partial charge in [0, 0.05) is 18.8 Å². The number of aliphatic hydroxyl groups excluding tert-OH is 1. The standard InChI is InChI=1S/C14H23N3O2/c1-10(9-18)7-15-14(19)13-8-16-17(11(13)2)12-5-3-4-6-12/h8,10,12,18H,3-7,9H2,1-2H3,(H,15,19). The van der Waals surface area contributed by atoms with Crippen LogP contribution in [-0.2, 0) is 0 Å². The number of nitrogens with zero attached hydrogens (tertiary/aromatic N) is 2. The van der Waals surface area contributed by atoms with Crippen LogP contribution in [0.15, 0.2) is 6.20 Å². The number of aromatic nitrogens is 2.